The van der Waals surface area contributed by atoms with Crippen molar-refractivity contribution in [3.63, 3.8) is 0 Å². The van der Waals surface area contributed by atoms with E-state index in [1.54, 1.807) is 29.2 Å². The molecule has 7 heteroatoms. The summed E-state index contributed by atoms with van der Waals surface area (Å²) in [7, 11) is 1.56. The van der Waals surface area contributed by atoms with E-state index in [4.69, 9.17) is 4.74 Å². The van der Waals surface area contributed by atoms with E-state index >= 15 is 0 Å². The molecule has 1 N–H and O–H groups in total. The molecule has 2 aromatic rings. The van der Waals surface area contributed by atoms with Crippen molar-refractivity contribution in [1.82, 2.24) is 9.88 Å². The number of nitrogens with zero attached hydrogens (tertiary/aromatic N) is 3. The highest BCUT2D eigenvalue weighted by Gasteiger charge is 2.50. The zero-order valence-corrected chi connectivity index (χ0v) is 16.6. The lowest BCUT2D eigenvalue weighted by molar-refractivity contribution is -0.117. The second kappa shape index (κ2) is 8.11. The highest BCUT2D eigenvalue weighted by atomic mass is 16.5. The highest BCUT2D eigenvalue weighted by molar-refractivity contribution is 6.00. The number of hydrogen-bond donors (Lipinski definition) is 1. The molecule has 3 amide bonds. The van der Waals surface area contributed by atoms with E-state index in [0.29, 0.717) is 12.4 Å². The first-order valence-electron chi connectivity index (χ1n) is 10.1. The number of pyridine rings is 1. The van der Waals surface area contributed by atoms with Gasteiger partial charge in [-0.1, -0.05) is 37.5 Å². The normalized spacial score (nSPS) is 18.2. The summed E-state index contributed by atoms with van der Waals surface area (Å²) in [6.45, 7) is 0.631. The molecule has 2 fully saturated rings. The van der Waals surface area contributed by atoms with Crippen molar-refractivity contribution in [1.29, 1.82) is 0 Å². The van der Waals surface area contributed by atoms with Gasteiger partial charge in [0.2, 0.25) is 11.8 Å². The van der Waals surface area contributed by atoms with Crippen LogP contribution < -0.4 is 15.0 Å². The third-order valence-corrected chi connectivity index (χ3v) is 5.87. The molecule has 29 heavy (non-hydrogen) atoms. The zero-order chi connectivity index (χ0) is 20.3. The van der Waals surface area contributed by atoms with Crippen LogP contribution in [0, 0.1) is 0 Å². The third-order valence-electron chi connectivity index (χ3n) is 5.87. The minimum absolute atomic E-state index is 0.0494. The smallest absolute Gasteiger partial charge is 0.325 e. The van der Waals surface area contributed by atoms with Gasteiger partial charge < -0.3 is 15.0 Å². The Morgan fingerprint density at radius 2 is 1.90 bits per heavy atom. The largest absolute Gasteiger partial charge is 0.481 e. The van der Waals surface area contributed by atoms with Crippen molar-refractivity contribution in [2.75, 3.05) is 30.4 Å². The van der Waals surface area contributed by atoms with Gasteiger partial charge in [-0.05, 0) is 31.0 Å². The number of amides is 3. The number of rotatable bonds is 5. The minimum Gasteiger partial charge on any atom is -0.481 e. The number of hydrogen-bond acceptors (Lipinski definition) is 4. The average Bonchev–Trinajstić information content (AvgIpc) is 3.01. The summed E-state index contributed by atoms with van der Waals surface area (Å²) < 4.78 is 5.12. The first-order valence-corrected chi connectivity index (χ1v) is 10.1. The predicted octanol–water partition coefficient (Wildman–Crippen LogP) is 3.67. The zero-order valence-electron chi connectivity index (χ0n) is 16.6. The van der Waals surface area contributed by atoms with Crippen molar-refractivity contribution in [2.24, 2.45) is 0 Å². The van der Waals surface area contributed by atoms with Gasteiger partial charge in [-0.2, -0.15) is 0 Å². The summed E-state index contributed by atoms with van der Waals surface area (Å²) in [6.07, 6.45) is 6.79. The minimum atomic E-state index is -0.302. The Labute approximate surface area is 170 Å². The number of urea groups is 1. The van der Waals surface area contributed by atoms with Crippen molar-refractivity contribution in [2.45, 2.75) is 37.6 Å². The molecule has 1 saturated heterocycles. The van der Waals surface area contributed by atoms with E-state index in [2.05, 4.69) is 10.3 Å². The Balaban J connectivity index is 1.55. The number of aromatic nitrogens is 1. The van der Waals surface area contributed by atoms with E-state index < -0.39 is 0 Å². The van der Waals surface area contributed by atoms with Gasteiger partial charge in [-0.15, -0.1) is 0 Å². The predicted molar refractivity (Wildman–Crippen MR) is 111 cm³/mol. The molecule has 1 aliphatic heterocycles. The average molecular weight is 394 g/mol. The van der Waals surface area contributed by atoms with Crippen LogP contribution in [0.25, 0.3) is 0 Å². The Kier molecular flexibility index (Phi) is 5.38. The third kappa shape index (κ3) is 3.90. The lowest BCUT2D eigenvalue weighted by Gasteiger charge is -2.39. The van der Waals surface area contributed by atoms with Gasteiger partial charge in [0.25, 0.3) is 0 Å². The van der Waals surface area contributed by atoms with Crippen LogP contribution in [0.15, 0.2) is 48.7 Å². The van der Waals surface area contributed by atoms with Crippen LogP contribution in [0.5, 0.6) is 5.88 Å². The summed E-state index contributed by atoms with van der Waals surface area (Å²) >= 11 is 0. The Bertz CT molecular complexity index is 863. The maximum absolute atomic E-state index is 13.3. The summed E-state index contributed by atoms with van der Waals surface area (Å²) in [4.78, 5) is 33.8. The SMILES string of the molecule is COc1ccc(N2CC3(CCCCC3)N(CC(=O)Nc3ccccc3)C2=O)cn1. The lowest BCUT2D eigenvalue weighted by atomic mass is 9.81. The standard InChI is InChI=1S/C22H26N4O3/c1-29-20-11-10-18(14-23-20)25-16-22(12-6-3-7-13-22)26(21(25)28)15-19(27)24-17-8-4-2-5-9-17/h2,4-5,8-11,14H,3,6-7,12-13,15-16H2,1H3,(H,24,27). The van der Waals surface area contributed by atoms with Crippen molar-refractivity contribution in [3.8, 4) is 5.88 Å². The summed E-state index contributed by atoms with van der Waals surface area (Å²) in [5, 5.41) is 2.90. The van der Waals surface area contributed by atoms with E-state index in [0.717, 1.165) is 37.1 Å². The number of benzene rings is 1. The van der Waals surface area contributed by atoms with Gasteiger partial charge in [0.15, 0.2) is 0 Å². The molecule has 1 aromatic carbocycles. The van der Waals surface area contributed by atoms with Crippen LogP contribution in [-0.4, -0.2) is 47.6 Å². The van der Waals surface area contributed by atoms with Gasteiger partial charge in [0.1, 0.15) is 6.54 Å². The van der Waals surface area contributed by atoms with Crippen LogP contribution in [0.3, 0.4) is 0 Å². The summed E-state index contributed by atoms with van der Waals surface area (Å²) in [5.41, 5.74) is 1.16. The molecule has 0 radical (unpaired) electrons. The topological polar surface area (TPSA) is 74.8 Å². The molecule has 1 saturated carbocycles. The molecular weight excluding hydrogens is 368 g/mol. The highest BCUT2D eigenvalue weighted by Crippen LogP contribution is 2.41. The number of methoxy groups -OCH3 is 1. The summed E-state index contributed by atoms with van der Waals surface area (Å²) in [6, 6.07) is 12.8. The van der Waals surface area contributed by atoms with Crippen molar-refractivity contribution < 1.29 is 14.3 Å². The summed E-state index contributed by atoms with van der Waals surface area (Å²) in [5.74, 6) is 0.330. The van der Waals surface area contributed by atoms with E-state index in [1.807, 2.05) is 36.4 Å². The number of ether oxygens (including phenoxy) is 1. The maximum Gasteiger partial charge on any atom is 0.325 e. The van der Waals surface area contributed by atoms with Gasteiger partial charge in [-0.3, -0.25) is 9.69 Å². The number of para-hydroxylation sites is 1. The van der Waals surface area contributed by atoms with Gasteiger partial charge in [0.05, 0.1) is 31.1 Å². The molecule has 1 aliphatic carbocycles. The fraction of sp³-hybridized carbons (Fsp3) is 0.409. The van der Waals surface area contributed by atoms with Crippen LogP contribution in [0.1, 0.15) is 32.1 Å². The van der Waals surface area contributed by atoms with E-state index in [1.165, 1.54) is 6.42 Å². The Morgan fingerprint density at radius 3 is 2.55 bits per heavy atom. The molecule has 1 aromatic heterocycles. The fourth-order valence-corrected chi connectivity index (χ4v) is 4.39. The monoisotopic (exact) mass is 394 g/mol. The molecule has 0 unspecified atom stereocenters. The number of carbonyl (C=O) groups excluding carboxylic acids is 2. The van der Waals surface area contributed by atoms with Gasteiger partial charge in [0, 0.05) is 11.8 Å². The molecule has 0 atom stereocenters. The Hall–Kier alpha value is -3.09. The number of anilines is 2. The second-order valence-electron chi connectivity index (χ2n) is 7.71. The van der Waals surface area contributed by atoms with Gasteiger partial charge >= 0.3 is 6.03 Å². The van der Waals surface area contributed by atoms with E-state index in [9.17, 15) is 9.59 Å². The first-order chi connectivity index (χ1) is 14.1. The van der Waals surface area contributed by atoms with Crippen LogP contribution in [0.4, 0.5) is 16.2 Å². The van der Waals surface area contributed by atoms with Crippen LogP contribution in [-0.2, 0) is 4.79 Å². The molecule has 1 spiro atoms. The Morgan fingerprint density at radius 1 is 1.14 bits per heavy atom. The number of nitrogens with one attached hydrogen (secondary N) is 1. The molecular formula is C22H26N4O3. The maximum atomic E-state index is 13.3. The molecule has 2 heterocycles. The quantitative estimate of drug-likeness (QED) is 0.840. The molecule has 0 bridgehead atoms. The second-order valence-corrected chi connectivity index (χ2v) is 7.71. The molecule has 152 valence electrons. The lowest BCUT2D eigenvalue weighted by Crippen LogP contribution is -2.51. The molecule has 4 rings (SSSR count). The fourth-order valence-electron chi connectivity index (χ4n) is 4.39. The van der Waals surface area contributed by atoms with Crippen LogP contribution >= 0.6 is 0 Å². The van der Waals surface area contributed by atoms with Crippen molar-refractivity contribution >= 4 is 23.3 Å². The molecule has 2 aliphatic rings. The first kappa shape index (κ1) is 19.2. The van der Waals surface area contributed by atoms with Gasteiger partial charge in [-0.25, -0.2) is 9.78 Å². The molecule has 7 nitrogen and oxygen atoms in total. The van der Waals surface area contributed by atoms with Crippen LogP contribution in [0.2, 0.25) is 0 Å². The van der Waals surface area contributed by atoms with E-state index in [-0.39, 0.29) is 24.0 Å². The number of carbonyl (C=O) groups is 2. The van der Waals surface area contributed by atoms with Crippen molar-refractivity contribution in [3.05, 3.63) is 48.7 Å².